The molecule has 31 heavy (non-hydrogen) atoms. The molecule has 0 saturated carbocycles. The van der Waals surface area contributed by atoms with Crippen LogP contribution in [0, 0.1) is 0 Å². The summed E-state index contributed by atoms with van der Waals surface area (Å²) in [4.78, 5) is 39.8. The number of ether oxygens (including phenoxy) is 1. The van der Waals surface area contributed by atoms with E-state index in [0.29, 0.717) is 19.4 Å². The number of carbonyl (C=O) groups excluding carboxylic acids is 3. The van der Waals surface area contributed by atoms with E-state index in [-0.39, 0.29) is 23.8 Å². The van der Waals surface area contributed by atoms with Crippen molar-refractivity contribution < 1.29 is 19.1 Å². The smallest absolute Gasteiger partial charge is 0.407 e. The zero-order valence-corrected chi connectivity index (χ0v) is 18.8. The minimum atomic E-state index is -0.472. The summed E-state index contributed by atoms with van der Waals surface area (Å²) in [6, 6.07) is 8.15. The third-order valence-corrected chi connectivity index (χ3v) is 5.59. The van der Waals surface area contributed by atoms with Crippen LogP contribution in [0.2, 0.25) is 0 Å². The first-order chi connectivity index (χ1) is 14.7. The van der Waals surface area contributed by atoms with E-state index in [1.54, 1.807) is 0 Å². The maximum absolute atomic E-state index is 12.1. The number of nitrogens with one attached hydrogen (secondary N) is 2. The van der Waals surface area contributed by atoms with Crippen molar-refractivity contribution in [2.45, 2.75) is 51.6 Å². The first-order valence-electron chi connectivity index (χ1n) is 11.1. The van der Waals surface area contributed by atoms with Crippen molar-refractivity contribution in [1.29, 1.82) is 0 Å². The van der Waals surface area contributed by atoms with E-state index in [1.165, 1.54) is 0 Å². The molecule has 2 aliphatic rings. The van der Waals surface area contributed by atoms with Crippen LogP contribution in [-0.4, -0.2) is 67.7 Å². The van der Waals surface area contributed by atoms with Gasteiger partial charge in [-0.2, -0.15) is 0 Å². The summed E-state index contributed by atoms with van der Waals surface area (Å²) < 4.78 is 5.24. The molecule has 2 fully saturated rings. The Labute approximate surface area is 184 Å². The number of anilines is 1. The predicted molar refractivity (Wildman–Crippen MR) is 119 cm³/mol. The third-order valence-electron chi connectivity index (χ3n) is 5.59. The van der Waals surface area contributed by atoms with E-state index < -0.39 is 5.60 Å². The monoisotopic (exact) mass is 430 g/mol. The van der Waals surface area contributed by atoms with E-state index in [0.717, 1.165) is 50.4 Å². The molecular weight excluding hydrogens is 396 g/mol. The standard InChI is InChI=1S/C23H34N4O4/c1-23(2,3)31-22(30)24-11-4-12-26-13-15-27(16-14-26)18-7-5-17(6-8-18)19-9-10-20(28)25-21(19)29/h5-8,19H,4,9-16H2,1-3H3,(H,24,30)(H,25,28,29). The minimum absolute atomic E-state index is 0.184. The molecule has 0 bridgehead atoms. The lowest BCUT2D eigenvalue weighted by Gasteiger charge is -2.36. The molecule has 8 heteroatoms. The SMILES string of the molecule is CC(C)(C)OC(=O)NCCCN1CCN(c2ccc(C3CCC(=O)NC3=O)cc2)CC1. The van der Waals surface area contributed by atoms with Crippen molar-refractivity contribution in [3.05, 3.63) is 29.8 Å². The average molecular weight is 431 g/mol. The van der Waals surface area contributed by atoms with Crippen molar-refractivity contribution in [2.75, 3.05) is 44.2 Å². The average Bonchev–Trinajstić information content (AvgIpc) is 2.71. The topological polar surface area (TPSA) is 91.0 Å². The first-order valence-corrected chi connectivity index (χ1v) is 11.1. The van der Waals surface area contributed by atoms with Gasteiger partial charge < -0.3 is 15.0 Å². The number of carbonyl (C=O) groups is 3. The van der Waals surface area contributed by atoms with E-state index in [9.17, 15) is 14.4 Å². The fraction of sp³-hybridized carbons (Fsp3) is 0.609. The van der Waals surface area contributed by atoms with E-state index >= 15 is 0 Å². The van der Waals surface area contributed by atoms with Crippen LogP contribution >= 0.6 is 0 Å². The summed E-state index contributed by atoms with van der Waals surface area (Å²) in [6.45, 7) is 10.9. The molecule has 0 spiro atoms. The lowest BCUT2D eigenvalue weighted by molar-refractivity contribution is -0.134. The van der Waals surface area contributed by atoms with Crippen LogP contribution in [0.15, 0.2) is 24.3 Å². The second-order valence-corrected chi connectivity index (χ2v) is 9.21. The number of amides is 3. The summed E-state index contributed by atoms with van der Waals surface area (Å²) in [6.07, 6.45) is 1.50. The molecule has 0 aliphatic carbocycles. The Morgan fingerprint density at radius 3 is 2.42 bits per heavy atom. The molecule has 1 aromatic carbocycles. The van der Waals surface area contributed by atoms with Crippen molar-refractivity contribution in [3.8, 4) is 0 Å². The van der Waals surface area contributed by atoms with Gasteiger partial charge in [0.15, 0.2) is 0 Å². The molecule has 170 valence electrons. The Bertz CT molecular complexity index is 780. The summed E-state index contributed by atoms with van der Waals surface area (Å²) in [5.41, 5.74) is 1.65. The van der Waals surface area contributed by atoms with Crippen LogP contribution in [0.5, 0.6) is 0 Å². The van der Waals surface area contributed by atoms with Crippen molar-refractivity contribution in [1.82, 2.24) is 15.5 Å². The Kier molecular flexibility index (Phi) is 7.54. The van der Waals surface area contributed by atoms with Crippen LogP contribution in [0.1, 0.15) is 51.5 Å². The molecule has 1 unspecified atom stereocenters. The maximum atomic E-state index is 12.1. The normalized spacial score (nSPS) is 20.4. The molecule has 2 aliphatic heterocycles. The first kappa shape index (κ1) is 23.1. The molecule has 3 rings (SSSR count). The fourth-order valence-corrected chi connectivity index (χ4v) is 3.97. The van der Waals surface area contributed by atoms with Gasteiger partial charge in [0, 0.05) is 44.8 Å². The molecule has 0 aromatic heterocycles. The van der Waals surface area contributed by atoms with Crippen LogP contribution < -0.4 is 15.5 Å². The van der Waals surface area contributed by atoms with Crippen molar-refractivity contribution in [3.63, 3.8) is 0 Å². The summed E-state index contributed by atoms with van der Waals surface area (Å²) in [5.74, 6) is -0.618. The van der Waals surface area contributed by atoms with Gasteiger partial charge >= 0.3 is 6.09 Å². The van der Waals surface area contributed by atoms with Gasteiger partial charge in [-0.05, 0) is 57.9 Å². The summed E-state index contributed by atoms with van der Waals surface area (Å²) in [5, 5.41) is 5.23. The van der Waals surface area contributed by atoms with Crippen LogP contribution in [0.4, 0.5) is 10.5 Å². The van der Waals surface area contributed by atoms with Gasteiger partial charge in [0.1, 0.15) is 5.60 Å². The van der Waals surface area contributed by atoms with Gasteiger partial charge in [-0.25, -0.2) is 4.79 Å². The Morgan fingerprint density at radius 2 is 1.81 bits per heavy atom. The predicted octanol–water partition coefficient (Wildman–Crippen LogP) is 2.24. The largest absolute Gasteiger partial charge is 0.444 e. The zero-order chi connectivity index (χ0) is 22.4. The molecule has 1 atom stereocenters. The second kappa shape index (κ2) is 10.1. The molecular formula is C23H34N4O4. The molecule has 2 saturated heterocycles. The lowest BCUT2D eigenvalue weighted by atomic mass is 9.90. The van der Waals surface area contributed by atoms with Gasteiger partial charge in [-0.3, -0.25) is 19.8 Å². The number of hydrogen-bond donors (Lipinski definition) is 2. The number of piperazine rings is 1. The Hall–Kier alpha value is -2.61. The quantitative estimate of drug-likeness (QED) is 0.531. The third kappa shape index (κ3) is 6.95. The molecule has 2 heterocycles. The molecule has 0 radical (unpaired) electrons. The highest BCUT2D eigenvalue weighted by atomic mass is 16.6. The Balaban J connectivity index is 1.38. The second-order valence-electron chi connectivity index (χ2n) is 9.21. The zero-order valence-electron chi connectivity index (χ0n) is 18.8. The lowest BCUT2D eigenvalue weighted by Crippen LogP contribution is -2.47. The molecule has 8 nitrogen and oxygen atoms in total. The van der Waals surface area contributed by atoms with Gasteiger partial charge in [0.2, 0.25) is 11.8 Å². The summed E-state index contributed by atoms with van der Waals surface area (Å²) in [7, 11) is 0. The number of piperidine rings is 1. The number of benzene rings is 1. The molecule has 2 N–H and O–H groups in total. The van der Waals surface area contributed by atoms with Gasteiger partial charge in [-0.1, -0.05) is 12.1 Å². The molecule has 3 amide bonds. The number of imide groups is 1. The van der Waals surface area contributed by atoms with Gasteiger partial charge in [0.05, 0.1) is 5.92 Å². The number of rotatable bonds is 6. The summed E-state index contributed by atoms with van der Waals surface area (Å²) >= 11 is 0. The van der Waals surface area contributed by atoms with Gasteiger partial charge in [0.25, 0.3) is 0 Å². The maximum Gasteiger partial charge on any atom is 0.407 e. The fourth-order valence-electron chi connectivity index (χ4n) is 3.97. The van der Waals surface area contributed by atoms with Crippen LogP contribution in [0.25, 0.3) is 0 Å². The highest BCUT2D eigenvalue weighted by molar-refractivity contribution is 6.00. The number of nitrogens with zero attached hydrogens (tertiary/aromatic N) is 2. The van der Waals surface area contributed by atoms with E-state index in [1.807, 2.05) is 32.9 Å². The minimum Gasteiger partial charge on any atom is -0.444 e. The number of hydrogen-bond acceptors (Lipinski definition) is 6. The highest BCUT2D eigenvalue weighted by Gasteiger charge is 2.28. The Morgan fingerprint density at radius 1 is 1.13 bits per heavy atom. The van der Waals surface area contributed by atoms with Gasteiger partial charge in [-0.15, -0.1) is 0 Å². The van der Waals surface area contributed by atoms with Crippen molar-refractivity contribution in [2.24, 2.45) is 0 Å². The number of alkyl carbamates (subject to hydrolysis) is 1. The van der Waals surface area contributed by atoms with E-state index in [2.05, 4.69) is 32.6 Å². The highest BCUT2D eigenvalue weighted by Crippen LogP contribution is 2.27. The van der Waals surface area contributed by atoms with Crippen LogP contribution in [-0.2, 0) is 14.3 Å². The molecule has 1 aromatic rings. The van der Waals surface area contributed by atoms with Crippen molar-refractivity contribution >= 4 is 23.6 Å². The van der Waals surface area contributed by atoms with Crippen LogP contribution in [0.3, 0.4) is 0 Å². The van der Waals surface area contributed by atoms with E-state index in [4.69, 9.17) is 4.74 Å².